The van der Waals surface area contributed by atoms with Crippen LogP contribution >= 0.6 is 0 Å². The molecule has 5 heteroatoms. The van der Waals surface area contributed by atoms with Crippen molar-refractivity contribution in [1.82, 2.24) is 10.2 Å². The summed E-state index contributed by atoms with van der Waals surface area (Å²) in [6.07, 6.45) is 0. The molecule has 0 aliphatic rings. The predicted molar refractivity (Wildman–Crippen MR) is 77.1 cm³/mol. The number of nitrogens with zero attached hydrogens (tertiary/aromatic N) is 1. The van der Waals surface area contributed by atoms with Gasteiger partial charge in [0, 0.05) is 13.1 Å². The average Bonchev–Trinajstić information content (AvgIpc) is 2.38. The van der Waals surface area contributed by atoms with Crippen molar-refractivity contribution in [1.29, 1.82) is 0 Å². The van der Waals surface area contributed by atoms with Crippen molar-refractivity contribution in [2.24, 2.45) is 0 Å². The van der Waals surface area contributed by atoms with Gasteiger partial charge in [0.25, 0.3) is 0 Å². The van der Waals surface area contributed by atoms with Crippen LogP contribution in [0.25, 0.3) is 0 Å². The van der Waals surface area contributed by atoms with Gasteiger partial charge in [-0.15, -0.1) is 0 Å². The molecule has 0 aliphatic carbocycles. The van der Waals surface area contributed by atoms with Crippen LogP contribution in [0.2, 0.25) is 0 Å². The van der Waals surface area contributed by atoms with Gasteiger partial charge in [-0.2, -0.15) is 0 Å². The highest BCUT2D eigenvalue weighted by Crippen LogP contribution is 2.18. The van der Waals surface area contributed by atoms with Gasteiger partial charge in [-0.05, 0) is 45.1 Å². The number of hydrogen-bond donors (Lipinski definition) is 1. The van der Waals surface area contributed by atoms with Gasteiger partial charge in [0.05, 0.1) is 6.61 Å². The minimum Gasteiger partial charge on any atom is -0.465 e. The summed E-state index contributed by atoms with van der Waals surface area (Å²) in [7, 11) is 3.90. The van der Waals surface area contributed by atoms with Crippen LogP contribution in [0, 0.1) is 12.7 Å². The first kappa shape index (κ1) is 16.6. The first-order valence-electron chi connectivity index (χ1n) is 6.76. The van der Waals surface area contributed by atoms with E-state index in [1.165, 1.54) is 6.07 Å². The summed E-state index contributed by atoms with van der Waals surface area (Å²) >= 11 is 0. The van der Waals surface area contributed by atoms with Gasteiger partial charge in [-0.3, -0.25) is 5.32 Å². The van der Waals surface area contributed by atoms with E-state index in [-0.39, 0.29) is 11.8 Å². The van der Waals surface area contributed by atoms with E-state index in [4.69, 9.17) is 4.74 Å². The van der Waals surface area contributed by atoms with E-state index in [2.05, 4.69) is 5.32 Å². The average molecular weight is 282 g/mol. The van der Waals surface area contributed by atoms with Crippen LogP contribution in [0.1, 0.15) is 24.1 Å². The first-order chi connectivity index (χ1) is 9.45. The lowest BCUT2D eigenvalue weighted by atomic mass is 10.0. The molecule has 1 atom stereocenters. The van der Waals surface area contributed by atoms with Crippen LogP contribution < -0.4 is 5.32 Å². The maximum atomic E-state index is 13.7. The highest BCUT2D eigenvalue weighted by atomic mass is 19.1. The van der Waals surface area contributed by atoms with Crippen molar-refractivity contribution in [3.63, 3.8) is 0 Å². The minimum absolute atomic E-state index is 0.305. The van der Waals surface area contributed by atoms with E-state index in [1.54, 1.807) is 26.0 Å². The Morgan fingerprint density at radius 2 is 2.15 bits per heavy atom. The van der Waals surface area contributed by atoms with Crippen LogP contribution in [0.3, 0.4) is 0 Å². The zero-order chi connectivity index (χ0) is 15.1. The zero-order valence-electron chi connectivity index (χ0n) is 12.6. The van der Waals surface area contributed by atoms with Gasteiger partial charge in [0.1, 0.15) is 11.9 Å². The van der Waals surface area contributed by atoms with E-state index >= 15 is 0 Å². The molecule has 4 nitrogen and oxygen atoms in total. The van der Waals surface area contributed by atoms with Gasteiger partial charge >= 0.3 is 5.97 Å². The Morgan fingerprint density at radius 3 is 2.70 bits per heavy atom. The highest BCUT2D eigenvalue weighted by molar-refractivity contribution is 5.77. The summed E-state index contributed by atoms with van der Waals surface area (Å²) in [5.41, 5.74) is 1.15. The van der Waals surface area contributed by atoms with E-state index in [1.807, 2.05) is 19.0 Å². The number of rotatable bonds is 7. The van der Waals surface area contributed by atoms with Crippen LogP contribution in [0.5, 0.6) is 0 Å². The van der Waals surface area contributed by atoms with Crippen molar-refractivity contribution in [3.05, 3.63) is 35.1 Å². The van der Waals surface area contributed by atoms with Crippen molar-refractivity contribution in [3.8, 4) is 0 Å². The molecule has 1 N–H and O–H groups in total. The Hall–Kier alpha value is -1.46. The summed E-state index contributed by atoms with van der Waals surface area (Å²) in [6, 6.07) is 4.18. The second-order valence-electron chi connectivity index (χ2n) is 4.95. The number of likely N-dealkylation sites (N-methyl/N-ethyl adjacent to an activating group) is 1. The number of ether oxygens (including phenoxy) is 1. The van der Waals surface area contributed by atoms with Crippen LogP contribution in [-0.4, -0.2) is 44.7 Å². The Labute approximate surface area is 119 Å². The third-order valence-electron chi connectivity index (χ3n) is 2.96. The van der Waals surface area contributed by atoms with E-state index in [0.717, 1.165) is 6.54 Å². The number of aryl methyl sites for hydroxylation is 1. The van der Waals surface area contributed by atoms with Gasteiger partial charge in [0.2, 0.25) is 0 Å². The number of esters is 1. The minimum atomic E-state index is -0.634. The molecule has 20 heavy (non-hydrogen) atoms. The summed E-state index contributed by atoms with van der Waals surface area (Å²) in [5, 5.41) is 3.12. The largest absolute Gasteiger partial charge is 0.465 e. The third-order valence-corrected chi connectivity index (χ3v) is 2.96. The summed E-state index contributed by atoms with van der Waals surface area (Å²) in [4.78, 5) is 14.0. The molecule has 1 rings (SSSR count). The maximum absolute atomic E-state index is 13.7. The summed E-state index contributed by atoms with van der Waals surface area (Å²) < 4.78 is 18.7. The maximum Gasteiger partial charge on any atom is 0.327 e. The van der Waals surface area contributed by atoms with Crippen molar-refractivity contribution >= 4 is 5.97 Å². The van der Waals surface area contributed by atoms with E-state index in [9.17, 15) is 9.18 Å². The molecule has 0 bridgehead atoms. The Morgan fingerprint density at radius 1 is 1.45 bits per heavy atom. The van der Waals surface area contributed by atoms with E-state index < -0.39 is 6.04 Å². The summed E-state index contributed by atoms with van der Waals surface area (Å²) in [5.74, 6) is -0.694. The lowest BCUT2D eigenvalue weighted by Gasteiger charge is -2.19. The molecule has 1 aromatic rings. The highest BCUT2D eigenvalue weighted by Gasteiger charge is 2.22. The fourth-order valence-corrected chi connectivity index (χ4v) is 1.78. The van der Waals surface area contributed by atoms with Crippen molar-refractivity contribution < 1.29 is 13.9 Å². The topological polar surface area (TPSA) is 41.6 Å². The van der Waals surface area contributed by atoms with Gasteiger partial charge in [0.15, 0.2) is 0 Å². The number of benzene rings is 1. The lowest BCUT2D eigenvalue weighted by Crippen LogP contribution is -2.35. The fourth-order valence-electron chi connectivity index (χ4n) is 1.78. The molecule has 1 unspecified atom stereocenters. The second kappa shape index (κ2) is 7.97. The summed E-state index contributed by atoms with van der Waals surface area (Å²) in [6.45, 7) is 5.15. The zero-order valence-corrected chi connectivity index (χ0v) is 12.6. The van der Waals surface area contributed by atoms with Crippen LogP contribution in [-0.2, 0) is 9.53 Å². The smallest absolute Gasteiger partial charge is 0.327 e. The molecule has 0 radical (unpaired) electrons. The monoisotopic (exact) mass is 282 g/mol. The molecule has 112 valence electrons. The molecule has 0 fully saturated rings. The predicted octanol–water partition coefficient (Wildman–Crippen LogP) is 1.89. The molecular weight excluding hydrogens is 259 g/mol. The number of nitrogens with one attached hydrogen (secondary N) is 1. The molecule has 0 saturated carbocycles. The molecule has 0 spiro atoms. The quantitative estimate of drug-likeness (QED) is 0.776. The van der Waals surface area contributed by atoms with Crippen LogP contribution in [0.4, 0.5) is 4.39 Å². The third kappa shape index (κ3) is 4.90. The Bertz CT molecular complexity index is 449. The standard InChI is InChI=1S/C15H23FN2O2/c1-5-20-15(19)14(17-8-9-18(3)4)12-7-6-11(2)13(16)10-12/h6-7,10,14,17H,5,8-9H2,1-4H3. The SMILES string of the molecule is CCOC(=O)C(NCCN(C)C)c1ccc(C)c(F)c1. The number of halogens is 1. The molecule has 0 heterocycles. The van der Waals surface area contributed by atoms with Gasteiger partial charge in [-0.1, -0.05) is 12.1 Å². The first-order valence-corrected chi connectivity index (χ1v) is 6.76. The van der Waals surface area contributed by atoms with Crippen molar-refractivity contribution in [2.45, 2.75) is 19.9 Å². The van der Waals surface area contributed by atoms with Gasteiger partial charge < -0.3 is 9.64 Å². The molecule has 0 aromatic heterocycles. The number of carbonyl (C=O) groups is 1. The molecule has 1 aromatic carbocycles. The molecule has 0 amide bonds. The van der Waals surface area contributed by atoms with Crippen LogP contribution in [0.15, 0.2) is 18.2 Å². The molecule has 0 saturated heterocycles. The Kier molecular flexibility index (Phi) is 6.61. The number of carbonyl (C=O) groups excluding carboxylic acids is 1. The second-order valence-corrected chi connectivity index (χ2v) is 4.95. The Balaban J connectivity index is 2.85. The lowest BCUT2D eigenvalue weighted by molar-refractivity contribution is -0.145. The fraction of sp³-hybridized carbons (Fsp3) is 0.533. The normalized spacial score (nSPS) is 12.5. The van der Waals surface area contributed by atoms with Gasteiger partial charge in [-0.25, -0.2) is 9.18 Å². The van der Waals surface area contributed by atoms with Crippen molar-refractivity contribution in [2.75, 3.05) is 33.8 Å². The molecular formula is C15H23FN2O2. The molecule has 0 aliphatic heterocycles. The van der Waals surface area contributed by atoms with E-state index in [0.29, 0.717) is 24.3 Å². The number of hydrogen-bond acceptors (Lipinski definition) is 4.